The van der Waals surface area contributed by atoms with E-state index in [0.29, 0.717) is 37.9 Å². The second kappa shape index (κ2) is 8.80. The molecule has 172 valence electrons. The van der Waals surface area contributed by atoms with E-state index in [2.05, 4.69) is 14.9 Å². The number of sulfonamides is 1. The number of β-amino-alcohol motifs (C(OH)–C–C–N with tert-alkyl or cyclic N) is 1. The van der Waals surface area contributed by atoms with Crippen LogP contribution in [0.25, 0.3) is 0 Å². The smallest absolute Gasteiger partial charge is 0.231 e. The van der Waals surface area contributed by atoms with Gasteiger partial charge in [-0.05, 0) is 42.5 Å². The number of aliphatic hydroxyl groups excluding tert-OH is 1. The summed E-state index contributed by atoms with van der Waals surface area (Å²) < 4.78 is 39.5. The average Bonchev–Trinajstić information content (AvgIpc) is 3.45. The van der Waals surface area contributed by atoms with Crippen molar-refractivity contribution in [3.05, 3.63) is 65.5 Å². The zero-order valence-corrected chi connectivity index (χ0v) is 18.7. The Kier molecular flexibility index (Phi) is 6.24. The van der Waals surface area contributed by atoms with Gasteiger partial charge in [-0.25, -0.2) is 12.8 Å². The fraction of sp³-hybridized carbons (Fsp3) is 0.435. The van der Waals surface area contributed by atoms with Gasteiger partial charge >= 0.3 is 0 Å². The first-order valence-corrected chi connectivity index (χ1v) is 12.6. The highest BCUT2D eigenvalue weighted by molar-refractivity contribution is 7.92. The maximum absolute atomic E-state index is 14.1. The Bertz CT molecular complexity index is 1090. The monoisotopic (exact) mass is 461 g/mol. The standard InChI is InChI=1S/C23H28FN3O4S/c1-32(30,31)26-20-13-17(7-8-19(20)24)23(10-11-23)22(29)25-21(16-5-3-2-4-6-16)15-27-12-9-18(28)14-27/h2-8,13,18,21,26,28H,9-12,14-15H2,1H3,(H,25,29). The number of likely N-dealkylation sites (tertiary alicyclic amines) is 1. The largest absolute Gasteiger partial charge is 0.392 e. The van der Waals surface area contributed by atoms with E-state index >= 15 is 0 Å². The summed E-state index contributed by atoms with van der Waals surface area (Å²) in [4.78, 5) is 15.6. The van der Waals surface area contributed by atoms with Crippen molar-refractivity contribution in [2.45, 2.75) is 36.8 Å². The molecule has 7 nitrogen and oxygen atoms in total. The Hall–Kier alpha value is -2.49. The molecule has 1 aliphatic carbocycles. The molecule has 4 rings (SSSR count). The molecule has 0 spiro atoms. The quantitative estimate of drug-likeness (QED) is 0.560. The third-order valence-electron chi connectivity index (χ3n) is 6.19. The second-order valence-electron chi connectivity index (χ2n) is 8.79. The van der Waals surface area contributed by atoms with Gasteiger partial charge in [-0.2, -0.15) is 0 Å². The van der Waals surface area contributed by atoms with Crippen LogP contribution in [0.1, 0.15) is 36.4 Å². The first kappa shape index (κ1) is 22.7. The first-order valence-electron chi connectivity index (χ1n) is 10.7. The van der Waals surface area contributed by atoms with Crippen LogP contribution < -0.4 is 10.0 Å². The van der Waals surface area contributed by atoms with Crippen molar-refractivity contribution >= 4 is 21.6 Å². The molecule has 0 aromatic heterocycles. The van der Waals surface area contributed by atoms with Gasteiger partial charge in [0.25, 0.3) is 0 Å². The van der Waals surface area contributed by atoms with Crippen LogP contribution in [0.3, 0.4) is 0 Å². The number of amides is 1. The molecule has 9 heteroatoms. The van der Waals surface area contributed by atoms with Gasteiger partial charge in [-0.1, -0.05) is 36.4 Å². The summed E-state index contributed by atoms with van der Waals surface area (Å²) in [5.41, 5.74) is 0.594. The summed E-state index contributed by atoms with van der Waals surface area (Å²) in [6, 6.07) is 13.6. The summed E-state index contributed by atoms with van der Waals surface area (Å²) in [6.45, 7) is 1.92. The lowest BCUT2D eigenvalue weighted by Crippen LogP contribution is -2.42. The number of hydrogen-bond acceptors (Lipinski definition) is 5. The number of halogens is 1. The molecule has 1 saturated carbocycles. The van der Waals surface area contributed by atoms with Crippen LogP contribution >= 0.6 is 0 Å². The van der Waals surface area contributed by atoms with E-state index in [1.807, 2.05) is 30.3 Å². The molecule has 1 amide bonds. The Morgan fingerprint density at radius 3 is 2.56 bits per heavy atom. The highest BCUT2D eigenvalue weighted by Gasteiger charge is 2.52. The van der Waals surface area contributed by atoms with Crippen LogP contribution in [0, 0.1) is 5.82 Å². The number of carbonyl (C=O) groups excluding carboxylic acids is 1. The second-order valence-corrected chi connectivity index (χ2v) is 10.5. The SMILES string of the molecule is CS(=O)(=O)Nc1cc(C2(C(=O)NC(CN3CCC(O)C3)c3ccccc3)CC2)ccc1F. The van der Waals surface area contributed by atoms with Crippen molar-refractivity contribution < 1.29 is 22.7 Å². The van der Waals surface area contributed by atoms with E-state index in [-0.39, 0.29) is 23.7 Å². The fourth-order valence-corrected chi connectivity index (χ4v) is 4.88. The van der Waals surface area contributed by atoms with E-state index in [0.717, 1.165) is 18.4 Å². The number of nitrogens with zero attached hydrogens (tertiary/aromatic N) is 1. The van der Waals surface area contributed by atoms with Crippen LogP contribution in [-0.4, -0.2) is 56.3 Å². The van der Waals surface area contributed by atoms with Gasteiger partial charge in [0.15, 0.2) is 0 Å². The predicted octanol–water partition coefficient (Wildman–Crippen LogP) is 2.15. The van der Waals surface area contributed by atoms with Crippen molar-refractivity contribution in [3.8, 4) is 0 Å². The third kappa shape index (κ3) is 5.11. The van der Waals surface area contributed by atoms with Crippen molar-refractivity contribution in [2.75, 3.05) is 30.6 Å². The molecule has 1 aliphatic heterocycles. The number of benzene rings is 2. The zero-order chi connectivity index (χ0) is 22.9. The molecule has 2 aliphatic rings. The Balaban J connectivity index is 1.56. The highest BCUT2D eigenvalue weighted by Crippen LogP contribution is 2.49. The van der Waals surface area contributed by atoms with E-state index in [4.69, 9.17) is 0 Å². The van der Waals surface area contributed by atoms with Crippen LogP contribution in [-0.2, 0) is 20.2 Å². The summed E-state index contributed by atoms with van der Waals surface area (Å²) in [6.07, 6.45) is 2.53. The van der Waals surface area contributed by atoms with Crippen molar-refractivity contribution in [1.29, 1.82) is 0 Å². The third-order valence-corrected chi connectivity index (χ3v) is 6.79. The van der Waals surface area contributed by atoms with Gasteiger partial charge in [0.05, 0.1) is 29.5 Å². The molecule has 2 aromatic rings. The molecule has 1 heterocycles. The van der Waals surface area contributed by atoms with Gasteiger partial charge in [0.1, 0.15) is 5.82 Å². The highest BCUT2D eigenvalue weighted by atomic mass is 32.2. The van der Waals surface area contributed by atoms with Crippen LogP contribution in [0.5, 0.6) is 0 Å². The minimum atomic E-state index is -3.65. The number of rotatable bonds is 8. The molecule has 2 aromatic carbocycles. The maximum atomic E-state index is 14.1. The van der Waals surface area contributed by atoms with E-state index in [9.17, 15) is 22.7 Å². The van der Waals surface area contributed by atoms with Gasteiger partial charge in [0, 0.05) is 19.6 Å². The number of hydrogen-bond donors (Lipinski definition) is 3. The average molecular weight is 462 g/mol. The Morgan fingerprint density at radius 2 is 1.97 bits per heavy atom. The number of anilines is 1. The summed E-state index contributed by atoms with van der Waals surface area (Å²) >= 11 is 0. The Morgan fingerprint density at radius 1 is 1.25 bits per heavy atom. The lowest BCUT2D eigenvalue weighted by atomic mass is 9.93. The molecule has 2 unspecified atom stereocenters. The summed E-state index contributed by atoms with van der Waals surface area (Å²) in [7, 11) is -3.65. The fourth-order valence-electron chi connectivity index (χ4n) is 4.33. The molecule has 0 radical (unpaired) electrons. The molecule has 32 heavy (non-hydrogen) atoms. The van der Waals surface area contributed by atoms with E-state index in [1.54, 1.807) is 6.07 Å². The minimum absolute atomic E-state index is 0.158. The van der Waals surface area contributed by atoms with Gasteiger partial charge in [-0.3, -0.25) is 14.4 Å². The molecule has 0 bridgehead atoms. The molecular formula is C23H28FN3O4S. The molecule has 2 atom stereocenters. The summed E-state index contributed by atoms with van der Waals surface area (Å²) in [5, 5.41) is 13.0. The van der Waals surface area contributed by atoms with Gasteiger partial charge < -0.3 is 10.4 Å². The molecule has 2 fully saturated rings. The Labute approximate surface area is 187 Å². The number of aliphatic hydroxyl groups is 1. The van der Waals surface area contributed by atoms with E-state index < -0.39 is 21.3 Å². The number of nitrogens with one attached hydrogen (secondary N) is 2. The maximum Gasteiger partial charge on any atom is 0.231 e. The predicted molar refractivity (Wildman–Crippen MR) is 120 cm³/mol. The lowest BCUT2D eigenvalue weighted by molar-refractivity contribution is -0.124. The van der Waals surface area contributed by atoms with Crippen molar-refractivity contribution in [1.82, 2.24) is 10.2 Å². The van der Waals surface area contributed by atoms with Gasteiger partial charge in [0.2, 0.25) is 15.9 Å². The normalized spacial score (nSPS) is 21.2. The minimum Gasteiger partial charge on any atom is -0.392 e. The lowest BCUT2D eigenvalue weighted by Gasteiger charge is -2.27. The van der Waals surface area contributed by atoms with Crippen LogP contribution in [0.15, 0.2) is 48.5 Å². The van der Waals surface area contributed by atoms with Crippen molar-refractivity contribution in [2.24, 2.45) is 0 Å². The topological polar surface area (TPSA) is 98.7 Å². The molecule has 1 saturated heterocycles. The zero-order valence-electron chi connectivity index (χ0n) is 17.9. The molecule has 3 N–H and O–H groups in total. The van der Waals surface area contributed by atoms with Crippen LogP contribution in [0.4, 0.5) is 10.1 Å². The summed E-state index contributed by atoms with van der Waals surface area (Å²) in [5.74, 6) is -0.854. The first-order chi connectivity index (χ1) is 15.2. The van der Waals surface area contributed by atoms with Crippen LogP contribution in [0.2, 0.25) is 0 Å². The van der Waals surface area contributed by atoms with Gasteiger partial charge in [-0.15, -0.1) is 0 Å². The van der Waals surface area contributed by atoms with Crippen molar-refractivity contribution in [3.63, 3.8) is 0 Å². The van der Waals surface area contributed by atoms with E-state index in [1.165, 1.54) is 12.1 Å². The molecular weight excluding hydrogens is 433 g/mol. The number of carbonyl (C=O) groups is 1.